The smallest absolute Gasteiger partial charge is 0.0480 e. The lowest BCUT2D eigenvalue weighted by atomic mass is 9.96. The minimum atomic E-state index is 0.557. The first kappa shape index (κ1) is 15.9. The van der Waals surface area contributed by atoms with Gasteiger partial charge in [0.1, 0.15) is 0 Å². The predicted octanol–water partition coefficient (Wildman–Crippen LogP) is 2.45. The molecule has 2 atom stereocenters. The lowest BCUT2D eigenvalue weighted by Crippen LogP contribution is -2.37. The molecule has 0 rings (SSSR count). The van der Waals surface area contributed by atoms with Gasteiger partial charge in [-0.2, -0.15) is 0 Å². The summed E-state index contributed by atoms with van der Waals surface area (Å²) in [4.78, 5) is 0. The van der Waals surface area contributed by atoms with Crippen molar-refractivity contribution < 1.29 is 9.47 Å². The summed E-state index contributed by atoms with van der Waals surface area (Å²) in [5, 5.41) is 3.60. The van der Waals surface area contributed by atoms with Gasteiger partial charge in [-0.1, -0.05) is 13.8 Å². The summed E-state index contributed by atoms with van der Waals surface area (Å²) in [6.07, 6.45) is 3.39. The number of methoxy groups -OCH3 is 1. The average Bonchev–Trinajstić information content (AvgIpc) is 2.30. The Labute approximate surface area is 101 Å². The van der Waals surface area contributed by atoms with Crippen molar-refractivity contribution in [2.45, 2.75) is 46.1 Å². The molecule has 0 spiro atoms. The van der Waals surface area contributed by atoms with Crippen LogP contribution in [0.25, 0.3) is 0 Å². The molecular weight excluding hydrogens is 202 g/mol. The quantitative estimate of drug-likeness (QED) is 0.554. The van der Waals surface area contributed by atoms with E-state index in [1.54, 1.807) is 7.11 Å². The predicted molar refractivity (Wildman–Crippen MR) is 68.8 cm³/mol. The van der Waals surface area contributed by atoms with Crippen LogP contribution in [0.1, 0.15) is 40.0 Å². The van der Waals surface area contributed by atoms with Gasteiger partial charge in [0.05, 0.1) is 0 Å². The maximum Gasteiger partial charge on any atom is 0.0480 e. The van der Waals surface area contributed by atoms with Crippen molar-refractivity contribution in [3.05, 3.63) is 0 Å². The molecule has 0 amide bonds. The van der Waals surface area contributed by atoms with Crippen molar-refractivity contribution in [2.24, 2.45) is 5.92 Å². The third kappa shape index (κ3) is 8.08. The highest BCUT2D eigenvalue weighted by atomic mass is 16.5. The minimum Gasteiger partial charge on any atom is -0.385 e. The van der Waals surface area contributed by atoms with Crippen molar-refractivity contribution in [3.63, 3.8) is 0 Å². The van der Waals surface area contributed by atoms with E-state index < -0.39 is 0 Å². The van der Waals surface area contributed by atoms with E-state index in [0.717, 1.165) is 39.2 Å². The molecule has 0 saturated heterocycles. The zero-order valence-corrected chi connectivity index (χ0v) is 11.4. The molecule has 98 valence electrons. The Morgan fingerprint density at radius 2 is 1.88 bits per heavy atom. The molecule has 0 radical (unpaired) electrons. The van der Waals surface area contributed by atoms with Crippen LogP contribution in [0.3, 0.4) is 0 Å². The Hall–Kier alpha value is -0.120. The molecule has 0 aromatic heterocycles. The Morgan fingerprint density at radius 3 is 2.44 bits per heavy atom. The Balaban J connectivity index is 3.86. The van der Waals surface area contributed by atoms with Crippen LogP contribution >= 0.6 is 0 Å². The fourth-order valence-electron chi connectivity index (χ4n) is 1.78. The molecule has 0 bridgehead atoms. The maximum absolute atomic E-state index is 5.43. The van der Waals surface area contributed by atoms with Crippen LogP contribution in [0.15, 0.2) is 0 Å². The number of ether oxygens (including phenoxy) is 2. The van der Waals surface area contributed by atoms with Crippen molar-refractivity contribution in [2.75, 3.05) is 33.5 Å². The summed E-state index contributed by atoms with van der Waals surface area (Å²) in [5.41, 5.74) is 0. The van der Waals surface area contributed by atoms with E-state index >= 15 is 0 Å². The molecule has 0 saturated carbocycles. The van der Waals surface area contributed by atoms with Crippen LogP contribution in [0.4, 0.5) is 0 Å². The highest BCUT2D eigenvalue weighted by Gasteiger charge is 2.15. The third-order valence-electron chi connectivity index (χ3n) is 2.90. The third-order valence-corrected chi connectivity index (χ3v) is 2.90. The van der Waals surface area contributed by atoms with Gasteiger partial charge in [0.2, 0.25) is 0 Å². The summed E-state index contributed by atoms with van der Waals surface area (Å²) < 4.78 is 10.6. The second-order valence-corrected chi connectivity index (χ2v) is 4.30. The first-order valence-corrected chi connectivity index (χ1v) is 6.56. The Kier molecular flexibility index (Phi) is 11.3. The molecule has 0 aromatic rings. The zero-order valence-electron chi connectivity index (χ0n) is 11.4. The molecule has 16 heavy (non-hydrogen) atoms. The molecule has 3 heteroatoms. The fraction of sp³-hybridized carbons (Fsp3) is 1.00. The van der Waals surface area contributed by atoms with Gasteiger partial charge in [0.15, 0.2) is 0 Å². The SMILES string of the molecule is CCCNC(CCOCC)C(C)CCOC. The van der Waals surface area contributed by atoms with Gasteiger partial charge in [-0.05, 0) is 38.6 Å². The van der Waals surface area contributed by atoms with E-state index in [2.05, 4.69) is 19.2 Å². The zero-order chi connectivity index (χ0) is 12.2. The summed E-state index contributed by atoms with van der Waals surface area (Å²) >= 11 is 0. The molecule has 0 heterocycles. The van der Waals surface area contributed by atoms with Crippen LogP contribution in [-0.2, 0) is 9.47 Å². The lowest BCUT2D eigenvalue weighted by Gasteiger charge is -2.25. The summed E-state index contributed by atoms with van der Waals surface area (Å²) in [6.45, 7) is 10.1. The largest absolute Gasteiger partial charge is 0.385 e. The summed E-state index contributed by atoms with van der Waals surface area (Å²) in [6, 6.07) is 0.557. The van der Waals surface area contributed by atoms with Gasteiger partial charge in [-0.15, -0.1) is 0 Å². The molecule has 3 nitrogen and oxygen atoms in total. The molecule has 0 aliphatic rings. The summed E-state index contributed by atoms with van der Waals surface area (Å²) in [5.74, 6) is 0.645. The Morgan fingerprint density at radius 1 is 1.12 bits per heavy atom. The average molecular weight is 231 g/mol. The molecule has 1 N–H and O–H groups in total. The van der Waals surface area contributed by atoms with Crippen molar-refractivity contribution in [3.8, 4) is 0 Å². The van der Waals surface area contributed by atoms with Crippen LogP contribution in [0.2, 0.25) is 0 Å². The highest BCUT2D eigenvalue weighted by molar-refractivity contribution is 4.73. The fourth-order valence-corrected chi connectivity index (χ4v) is 1.78. The standard InChI is InChI=1S/C13H29NO2/c1-5-9-14-13(8-11-16-6-2)12(3)7-10-15-4/h12-14H,5-11H2,1-4H3. The van der Waals surface area contributed by atoms with Crippen LogP contribution in [-0.4, -0.2) is 39.5 Å². The van der Waals surface area contributed by atoms with Gasteiger partial charge in [0, 0.05) is 33.0 Å². The number of hydrogen-bond acceptors (Lipinski definition) is 3. The maximum atomic E-state index is 5.43. The van der Waals surface area contributed by atoms with Crippen LogP contribution in [0.5, 0.6) is 0 Å². The molecule has 0 aromatic carbocycles. The molecule has 2 unspecified atom stereocenters. The van der Waals surface area contributed by atoms with Gasteiger partial charge in [-0.25, -0.2) is 0 Å². The lowest BCUT2D eigenvalue weighted by molar-refractivity contribution is 0.121. The molecule has 0 fully saturated rings. The van der Waals surface area contributed by atoms with E-state index in [4.69, 9.17) is 9.47 Å². The van der Waals surface area contributed by atoms with E-state index in [0.29, 0.717) is 12.0 Å². The number of nitrogens with one attached hydrogen (secondary N) is 1. The highest BCUT2D eigenvalue weighted by Crippen LogP contribution is 2.12. The number of hydrogen-bond donors (Lipinski definition) is 1. The monoisotopic (exact) mass is 231 g/mol. The van der Waals surface area contributed by atoms with E-state index in [1.165, 1.54) is 6.42 Å². The summed E-state index contributed by atoms with van der Waals surface area (Å²) in [7, 11) is 1.77. The van der Waals surface area contributed by atoms with Crippen LogP contribution in [0, 0.1) is 5.92 Å². The van der Waals surface area contributed by atoms with Crippen molar-refractivity contribution in [1.29, 1.82) is 0 Å². The second-order valence-electron chi connectivity index (χ2n) is 4.30. The van der Waals surface area contributed by atoms with E-state index in [1.807, 2.05) is 6.92 Å². The van der Waals surface area contributed by atoms with Crippen LogP contribution < -0.4 is 5.32 Å². The molecular formula is C13H29NO2. The topological polar surface area (TPSA) is 30.5 Å². The number of rotatable bonds is 11. The molecule has 0 aliphatic heterocycles. The van der Waals surface area contributed by atoms with Gasteiger partial charge in [0.25, 0.3) is 0 Å². The van der Waals surface area contributed by atoms with E-state index in [-0.39, 0.29) is 0 Å². The Bertz CT molecular complexity index is 142. The first-order valence-electron chi connectivity index (χ1n) is 6.56. The minimum absolute atomic E-state index is 0.557. The van der Waals surface area contributed by atoms with Gasteiger partial charge < -0.3 is 14.8 Å². The second kappa shape index (κ2) is 11.4. The van der Waals surface area contributed by atoms with Crippen molar-refractivity contribution >= 4 is 0 Å². The van der Waals surface area contributed by atoms with Crippen molar-refractivity contribution in [1.82, 2.24) is 5.32 Å². The molecule has 0 aliphatic carbocycles. The first-order chi connectivity index (χ1) is 7.76. The van der Waals surface area contributed by atoms with E-state index in [9.17, 15) is 0 Å². The normalized spacial score (nSPS) is 15.0. The van der Waals surface area contributed by atoms with Gasteiger partial charge in [-0.3, -0.25) is 0 Å². The van der Waals surface area contributed by atoms with Gasteiger partial charge >= 0.3 is 0 Å².